The molecule has 28 heavy (non-hydrogen) atoms. The highest BCUT2D eigenvalue weighted by Crippen LogP contribution is 2.19. The Morgan fingerprint density at radius 1 is 1.00 bits per heavy atom. The van der Waals surface area contributed by atoms with Crippen molar-refractivity contribution in [2.45, 2.75) is 32.6 Å². The lowest BCUT2D eigenvalue weighted by molar-refractivity contribution is -0.125. The van der Waals surface area contributed by atoms with Crippen LogP contribution in [-0.4, -0.2) is 49.4 Å². The summed E-state index contributed by atoms with van der Waals surface area (Å²) < 4.78 is 0. The first kappa shape index (κ1) is 20.3. The molecule has 2 amide bonds. The van der Waals surface area contributed by atoms with Gasteiger partial charge in [0.05, 0.1) is 13.0 Å². The smallest absolute Gasteiger partial charge is 0.239 e. The van der Waals surface area contributed by atoms with Crippen LogP contribution in [0.3, 0.4) is 0 Å². The minimum atomic E-state index is -0.131. The maximum absolute atomic E-state index is 12.2. The zero-order valence-electron chi connectivity index (χ0n) is 16.7. The molecule has 1 aliphatic heterocycles. The molecular weight excluding hydrogens is 350 g/mol. The molecule has 0 aliphatic carbocycles. The van der Waals surface area contributed by atoms with Gasteiger partial charge in [0.15, 0.2) is 0 Å². The predicted octanol–water partition coefficient (Wildman–Crippen LogP) is 2.74. The Morgan fingerprint density at radius 2 is 1.75 bits per heavy atom. The predicted molar refractivity (Wildman–Crippen MR) is 113 cm³/mol. The van der Waals surface area contributed by atoms with Crippen LogP contribution in [0.1, 0.15) is 31.7 Å². The van der Waals surface area contributed by atoms with E-state index in [4.69, 9.17) is 0 Å². The molecule has 2 N–H and O–H groups in total. The van der Waals surface area contributed by atoms with Crippen LogP contribution in [0.4, 0.5) is 0 Å². The van der Waals surface area contributed by atoms with Gasteiger partial charge in [0.2, 0.25) is 11.8 Å². The molecule has 0 radical (unpaired) electrons. The lowest BCUT2D eigenvalue weighted by atomic mass is 9.99. The number of nitrogens with zero attached hydrogens (tertiary/aromatic N) is 1. The highest BCUT2D eigenvalue weighted by atomic mass is 16.2. The fourth-order valence-electron chi connectivity index (χ4n) is 3.74. The molecule has 1 aliphatic rings. The van der Waals surface area contributed by atoms with Gasteiger partial charge >= 0.3 is 0 Å². The van der Waals surface area contributed by atoms with Gasteiger partial charge in [-0.25, -0.2) is 0 Å². The van der Waals surface area contributed by atoms with E-state index < -0.39 is 0 Å². The molecule has 0 unspecified atom stereocenters. The standard InChI is InChI=1S/C23H31N3O2/c1-18-10-14-26(15-11-18)13-5-12-24-23(28)17-25-22(27)16-20-8-4-7-19-6-2-3-9-21(19)20/h2-4,6-9,18H,5,10-17H2,1H3,(H,24,28)(H,25,27). The molecule has 1 heterocycles. The fraction of sp³-hybridized carbons (Fsp3) is 0.478. The van der Waals surface area contributed by atoms with Crippen LogP contribution in [0.25, 0.3) is 10.8 Å². The van der Waals surface area contributed by atoms with E-state index in [9.17, 15) is 9.59 Å². The maximum Gasteiger partial charge on any atom is 0.239 e. The number of benzene rings is 2. The summed E-state index contributed by atoms with van der Waals surface area (Å²) in [6, 6.07) is 14.0. The largest absolute Gasteiger partial charge is 0.355 e. The SMILES string of the molecule is CC1CCN(CCCNC(=O)CNC(=O)Cc2cccc3ccccc23)CC1. The maximum atomic E-state index is 12.2. The van der Waals surface area contributed by atoms with Gasteiger partial charge in [-0.15, -0.1) is 0 Å². The molecule has 0 saturated carbocycles. The molecule has 5 nitrogen and oxygen atoms in total. The molecule has 5 heteroatoms. The van der Waals surface area contributed by atoms with Crippen molar-refractivity contribution >= 4 is 22.6 Å². The Kier molecular flexibility index (Phi) is 7.43. The van der Waals surface area contributed by atoms with Gasteiger partial charge in [0.1, 0.15) is 0 Å². The number of carbonyl (C=O) groups excluding carboxylic acids is 2. The van der Waals surface area contributed by atoms with Gasteiger partial charge in [-0.2, -0.15) is 0 Å². The summed E-state index contributed by atoms with van der Waals surface area (Å²) in [7, 11) is 0. The second-order valence-electron chi connectivity index (χ2n) is 7.82. The highest BCUT2D eigenvalue weighted by Gasteiger charge is 2.15. The Labute approximate surface area is 167 Å². The van der Waals surface area contributed by atoms with Crippen LogP contribution >= 0.6 is 0 Å². The van der Waals surface area contributed by atoms with E-state index in [1.165, 1.54) is 25.9 Å². The summed E-state index contributed by atoms with van der Waals surface area (Å²) in [4.78, 5) is 26.7. The Morgan fingerprint density at radius 3 is 2.57 bits per heavy atom. The van der Waals surface area contributed by atoms with Crippen LogP contribution in [0.15, 0.2) is 42.5 Å². The summed E-state index contributed by atoms with van der Waals surface area (Å²) >= 11 is 0. The average Bonchev–Trinajstić information content (AvgIpc) is 2.71. The molecule has 3 rings (SSSR count). The van der Waals surface area contributed by atoms with Crippen molar-refractivity contribution in [3.8, 4) is 0 Å². The van der Waals surface area contributed by atoms with Crippen molar-refractivity contribution in [2.75, 3.05) is 32.7 Å². The van der Waals surface area contributed by atoms with Crippen molar-refractivity contribution in [2.24, 2.45) is 5.92 Å². The van der Waals surface area contributed by atoms with Crippen LogP contribution < -0.4 is 10.6 Å². The van der Waals surface area contributed by atoms with Crippen LogP contribution in [0.2, 0.25) is 0 Å². The summed E-state index contributed by atoms with van der Waals surface area (Å²) in [5.74, 6) is 0.584. The number of hydrogen-bond acceptors (Lipinski definition) is 3. The van der Waals surface area contributed by atoms with Crippen molar-refractivity contribution in [3.63, 3.8) is 0 Å². The van der Waals surface area contributed by atoms with Gasteiger partial charge in [-0.05, 0) is 61.2 Å². The number of likely N-dealkylation sites (tertiary alicyclic amines) is 1. The van der Waals surface area contributed by atoms with Crippen molar-refractivity contribution in [1.29, 1.82) is 0 Å². The third-order valence-electron chi connectivity index (χ3n) is 5.53. The second kappa shape index (κ2) is 10.2. The molecule has 1 fully saturated rings. The number of rotatable bonds is 8. The van der Waals surface area contributed by atoms with Crippen LogP contribution in [0.5, 0.6) is 0 Å². The zero-order valence-corrected chi connectivity index (χ0v) is 16.7. The van der Waals surface area contributed by atoms with Gasteiger partial charge in [-0.3, -0.25) is 9.59 Å². The number of carbonyl (C=O) groups is 2. The summed E-state index contributed by atoms with van der Waals surface area (Å²) in [5, 5.41) is 7.83. The minimum absolute atomic E-state index is 0.0326. The fourth-order valence-corrected chi connectivity index (χ4v) is 3.74. The van der Waals surface area contributed by atoms with Crippen molar-refractivity contribution in [1.82, 2.24) is 15.5 Å². The first-order valence-electron chi connectivity index (χ1n) is 10.3. The Balaban J connectivity index is 1.33. The normalized spacial score (nSPS) is 15.5. The number of amides is 2. The zero-order chi connectivity index (χ0) is 19.8. The number of piperidine rings is 1. The first-order valence-corrected chi connectivity index (χ1v) is 10.3. The topological polar surface area (TPSA) is 61.4 Å². The van der Waals surface area contributed by atoms with Crippen LogP contribution in [-0.2, 0) is 16.0 Å². The molecule has 2 aromatic rings. The molecule has 0 aromatic heterocycles. The van der Waals surface area contributed by atoms with Gasteiger partial charge < -0.3 is 15.5 Å². The van der Waals surface area contributed by atoms with E-state index in [0.29, 0.717) is 6.54 Å². The van der Waals surface area contributed by atoms with E-state index in [0.717, 1.165) is 35.2 Å². The molecule has 2 aromatic carbocycles. The monoisotopic (exact) mass is 381 g/mol. The van der Waals surface area contributed by atoms with E-state index in [1.807, 2.05) is 42.5 Å². The summed E-state index contributed by atoms with van der Waals surface area (Å²) in [6.45, 7) is 6.36. The lowest BCUT2D eigenvalue weighted by Crippen LogP contribution is -2.39. The third-order valence-corrected chi connectivity index (χ3v) is 5.53. The number of hydrogen-bond donors (Lipinski definition) is 2. The highest BCUT2D eigenvalue weighted by molar-refractivity contribution is 5.91. The average molecular weight is 382 g/mol. The van der Waals surface area contributed by atoms with E-state index in [-0.39, 0.29) is 24.8 Å². The number of nitrogens with one attached hydrogen (secondary N) is 2. The van der Waals surface area contributed by atoms with Gasteiger partial charge in [0.25, 0.3) is 0 Å². The minimum Gasteiger partial charge on any atom is -0.355 e. The first-order chi connectivity index (χ1) is 13.6. The van der Waals surface area contributed by atoms with Crippen LogP contribution in [0, 0.1) is 5.92 Å². The molecule has 1 saturated heterocycles. The molecule has 0 atom stereocenters. The lowest BCUT2D eigenvalue weighted by Gasteiger charge is -2.30. The van der Waals surface area contributed by atoms with Crippen molar-refractivity contribution in [3.05, 3.63) is 48.0 Å². The second-order valence-corrected chi connectivity index (χ2v) is 7.82. The van der Waals surface area contributed by atoms with E-state index >= 15 is 0 Å². The van der Waals surface area contributed by atoms with E-state index in [2.05, 4.69) is 22.5 Å². The Hall–Kier alpha value is -2.40. The Bertz CT molecular complexity index is 792. The number of fused-ring (bicyclic) bond motifs is 1. The quantitative estimate of drug-likeness (QED) is 0.691. The molecule has 0 bridgehead atoms. The van der Waals surface area contributed by atoms with E-state index in [1.54, 1.807) is 0 Å². The molecule has 150 valence electrons. The summed E-state index contributed by atoms with van der Waals surface area (Å²) in [6.07, 6.45) is 3.77. The van der Waals surface area contributed by atoms with Gasteiger partial charge in [0, 0.05) is 6.54 Å². The van der Waals surface area contributed by atoms with Crippen molar-refractivity contribution < 1.29 is 9.59 Å². The molecular formula is C23H31N3O2. The summed E-state index contributed by atoms with van der Waals surface area (Å²) in [5.41, 5.74) is 0.979. The molecule has 0 spiro atoms. The van der Waals surface area contributed by atoms with Gasteiger partial charge in [-0.1, -0.05) is 49.4 Å². The third kappa shape index (κ3) is 6.06.